The summed E-state index contributed by atoms with van der Waals surface area (Å²) in [5, 5.41) is 0.886. The fourth-order valence-corrected chi connectivity index (χ4v) is 3.24. The fraction of sp³-hybridized carbons (Fsp3) is 0.333. The van der Waals surface area contributed by atoms with E-state index in [4.69, 9.17) is 4.74 Å². The number of nitrogens with zero attached hydrogens (tertiary/aromatic N) is 2. The standard InChI is InChI=1S/C15H16N2O2S/c1-19-12-7-8-17(10-12)15(18)13-9-16-14(20-13)11-5-3-2-4-6-11/h2-6,9,12H,7-8,10H2,1H3. The number of carbonyl (C=O) groups excluding carboxylic acids is 1. The molecule has 0 spiro atoms. The molecule has 0 N–H and O–H groups in total. The van der Waals surface area contributed by atoms with E-state index in [9.17, 15) is 4.79 Å². The van der Waals surface area contributed by atoms with Crippen molar-refractivity contribution in [2.45, 2.75) is 12.5 Å². The molecule has 1 aliphatic rings. The van der Waals surface area contributed by atoms with E-state index in [0.717, 1.165) is 23.5 Å². The molecule has 1 atom stereocenters. The van der Waals surface area contributed by atoms with Gasteiger partial charge in [-0.05, 0) is 6.42 Å². The van der Waals surface area contributed by atoms with Crippen LogP contribution in [0.1, 0.15) is 16.1 Å². The number of carbonyl (C=O) groups is 1. The number of hydrogen-bond donors (Lipinski definition) is 0. The van der Waals surface area contributed by atoms with E-state index in [1.54, 1.807) is 13.3 Å². The zero-order chi connectivity index (χ0) is 13.9. The lowest BCUT2D eigenvalue weighted by atomic mass is 10.2. The summed E-state index contributed by atoms with van der Waals surface area (Å²) in [7, 11) is 1.69. The van der Waals surface area contributed by atoms with Crippen LogP contribution in [-0.2, 0) is 4.74 Å². The summed E-state index contributed by atoms with van der Waals surface area (Å²) in [5.41, 5.74) is 1.05. The highest BCUT2D eigenvalue weighted by molar-refractivity contribution is 7.16. The second-order valence-corrected chi connectivity index (χ2v) is 5.82. The Morgan fingerprint density at radius 3 is 2.90 bits per heavy atom. The molecule has 1 aliphatic heterocycles. The molecule has 0 saturated carbocycles. The predicted molar refractivity (Wildman–Crippen MR) is 78.9 cm³/mol. The number of likely N-dealkylation sites (tertiary alicyclic amines) is 1. The highest BCUT2D eigenvalue weighted by atomic mass is 32.1. The first kappa shape index (κ1) is 13.3. The molecule has 4 nitrogen and oxygen atoms in total. The minimum Gasteiger partial charge on any atom is -0.380 e. The van der Waals surface area contributed by atoms with Crippen LogP contribution in [0.15, 0.2) is 36.5 Å². The fourth-order valence-electron chi connectivity index (χ4n) is 2.35. The zero-order valence-electron chi connectivity index (χ0n) is 11.3. The van der Waals surface area contributed by atoms with Gasteiger partial charge in [0, 0.05) is 25.8 Å². The van der Waals surface area contributed by atoms with Crippen molar-refractivity contribution in [1.82, 2.24) is 9.88 Å². The number of methoxy groups -OCH3 is 1. The number of ether oxygens (including phenoxy) is 1. The van der Waals surface area contributed by atoms with Crippen molar-refractivity contribution in [3.63, 3.8) is 0 Å². The van der Waals surface area contributed by atoms with E-state index in [1.807, 2.05) is 35.2 Å². The van der Waals surface area contributed by atoms with Gasteiger partial charge in [-0.15, -0.1) is 11.3 Å². The molecule has 20 heavy (non-hydrogen) atoms. The first-order valence-electron chi connectivity index (χ1n) is 6.61. The Bertz CT molecular complexity index is 597. The molecule has 2 aromatic rings. The third-order valence-corrected chi connectivity index (χ3v) is 4.54. The Morgan fingerprint density at radius 2 is 2.20 bits per heavy atom. The number of benzene rings is 1. The first-order valence-corrected chi connectivity index (χ1v) is 7.43. The van der Waals surface area contributed by atoms with Crippen LogP contribution < -0.4 is 0 Å². The number of rotatable bonds is 3. The number of amides is 1. The lowest BCUT2D eigenvalue weighted by molar-refractivity contribution is 0.0728. The summed E-state index contributed by atoms with van der Waals surface area (Å²) in [6.45, 7) is 1.43. The molecule has 1 saturated heterocycles. The van der Waals surface area contributed by atoms with Gasteiger partial charge >= 0.3 is 0 Å². The Morgan fingerprint density at radius 1 is 1.40 bits per heavy atom. The quantitative estimate of drug-likeness (QED) is 0.872. The molecule has 104 valence electrons. The summed E-state index contributed by atoms with van der Waals surface area (Å²) >= 11 is 1.45. The molecule has 1 aromatic carbocycles. The number of hydrogen-bond acceptors (Lipinski definition) is 4. The molecule has 1 unspecified atom stereocenters. The summed E-state index contributed by atoms with van der Waals surface area (Å²) in [5.74, 6) is 0.0595. The third-order valence-electron chi connectivity index (χ3n) is 3.50. The SMILES string of the molecule is COC1CCN(C(=O)c2cnc(-c3ccccc3)s2)C1. The van der Waals surface area contributed by atoms with Crippen LogP contribution in [0.25, 0.3) is 10.6 Å². The smallest absolute Gasteiger partial charge is 0.265 e. The molecular weight excluding hydrogens is 272 g/mol. The molecule has 0 aliphatic carbocycles. The average molecular weight is 288 g/mol. The molecular formula is C15H16N2O2S. The summed E-state index contributed by atoms with van der Waals surface area (Å²) in [6.07, 6.45) is 2.75. The van der Waals surface area contributed by atoms with Gasteiger partial charge in [0.25, 0.3) is 5.91 Å². The van der Waals surface area contributed by atoms with Crippen LogP contribution in [0.3, 0.4) is 0 Å². The maximum absolute atomic E-state index is 12.4. The van der Waals surface area contributed by atoms with E-state index in [1.165, 1.54) is 11.3 Å². The van der Waals surface area contributed by atoms with Crippen LogP contribution in [-0.4, -0.2) is 42.1 Å². The second kappa shape index (κ2) is 5.73. The van der Waals surface area contributed by atoms with E-state index in [2.05, 4.69) is 4.98 Å². The molecule has 0 radical (unpaired) electrons. The molecule has 3 rings (SSSR count). The van der Waals surface area contributed by atoms with Gasteiger partial charge in [0.1, 0.15) is 9.88 Å². The first-order chi connectivity index (χ1) is 9.78. The van der Waals surface area contributed by atoms with Gasteiger partial charge in [-0.3, -0.25) is 4.79 Å². The Balaban J connectivity index is 1.76. The lowest BCUT2D eigenvalue weighted by Gasteiger charge is -2.14. The molecule has 0 bridgehead atoms. The third kappa shape index (κ3) is 2.59. The van der Waals surface area contributed by atoms with Crippen molar-refractivity contribution < 1.29 is 9.53 Å². The minimum absolute atomic E-state index is 0.0595. The number of thiazole rings is 1. The van der Waals surface area contributed by atoms with Gasteiger partial charge < -0.3 is 9.64 Å². The molecule has 1 amide bonds. The normalized spacial score (nSPS) is 18.4. The molecule has 2 heterocycles. The average Bonchev–Trinajstić information content (AvgIpc) is 3.17. The van der Waals surface area contributed by atoms with Crippen LogP contribution >= 0.6 is 11.3 Å². The summed E-state index contributed by atoms with van der Waals surface area (Å²) in [4.78, 5) is 19.3. The van der Waals surface area contributed by atoms with E-state index >= 15 is 0 Å². The van der Waals surface area contributed by atoms with E-state index in [-0.39, 0.29) is 12.0 Å². The zero-order valence-corrected chi connectivity index (χ0v) is 12.1. The van der Waals surface area contributed by atoms with Gasteiger partial charge in [0.15, 0.2) is 0 Å². The van der Waals surface area contributed by atoms with Gasteiger partial charge in [-0.2, -0.15) is 0 Å². The van der Waals surface area contributed by atoms with Gasteiger partial charge in [-0.1, -0.05) is 30.3 Å². The molecule has 1 aromatic heterocycles. The summed E-state index contributed by atoms with van der Waals surface area (Å²) in [6, 6.07) is 9.93. The maximum atomic E-state index is 12.4. The van der Waals surface area contributed by atoms with E-state index < -0.39 is 0 Å². The van der Waals surface area contributed by atoms with Crippen molar-refractivity contribution in [2.75, 3.05) is 20.2 Å². The van der Waals surface area contributed by atoms with Crippen LogP contribution in [0.4, 0.5) is 0 Å². The van der Waals surface area contributed by atoms with Crippen molar-refractivity contribution >= 4 is 17.2 Å². The minimum atomic E-state index is 0.0595. The molecule has 5 heteroatoms. The van der Waals surface area contributed by atoms with Crippen LogP contribution in [0, 0.1) is 0 Å². The Labute approximate surface area is 122 Å². The lowest BCUT2D eigenvalue weighted by Crippen LogP contribution is -2.29. The van der Waals surface area contributed by atoms with Crippen molar-refractivity contribution in [1.29, 1.82) is 0 Å². The predicted octanol–water partition coefficient (Wildman–Crippen LogP) is 2.67. The van der Waals surface area contributed by atoms with Crippen molar-refractivity contribution in [3.8, 4) is 10.6 Å². The Kier molecular flexibility index (Phi) is 3.80. The molecule has 1 fully saturated rings. The van der Waals surface area contributed by atoms with Gasteiger partial charge in [-0.25, -0.2) is 4.98 Å². The van der Waals surface area contributed by atoms with Gasteiger partial charge in [0.05, 0.1) is 12.3 Å². The van der Waals surface area contributed by atoms with Crippen LogP contribution in [0.2, 0.25) is 0 Å². The van der Waals surface area contributed by atoms with Crippen molar-refractivity contribution in [3.05, 3.63) is 41.4 Å². The highest BCUT2D eigenvalue weighted by Crippen LogP contribution is 2.26. The highest BCUT2D eigenvalue weighted by Gasteiger charge is 2.27. The van der Waals surface area contributed by atoms with Crippen molar-refractivity contribution in [2.24, 2.45) is 0 Å². The topological polar surface area (TPSA) is 42.4 Å². The van der Waals surface area contributed by atoms with Crippen LogP contribution in [0.5, 0.6) is 0 Å². The largest absolute Gasteiger partial charge is 0.380 e. The number of aromatic nitrogens is 1. The summed E-state index contributed by atoms with van der Waals surface area (Å²) < 4.78 is 5.30. The second-order valence-electron chi connectivity index (χ2n) is 4.79. The Hall–Kier alpha value is -1.72. The van der Waals surface area contributed by atoms with E-state index in [0.29, 0.717) is 11.4 Å². The van der Waals surface area contributed by atoms with Gasteiger partial charge in [0.2, 0.25) is 0 Å². The monoisotopic (exact) mass is 288 g/mol. The maximum Gasteiger partial charge on any atom is 0.265 e.